The molecular weight excluding hydrogens is 504 g/mol. The van der Waals surface area contributed by atoms with Gasteiger partial charge in [0.1, 0.15) is 22.3 Å². The molecule has 194 valence electrons. The molecule has 0 atom stereocenters. The summed E-state index contributed by atoms with van der Waals surface area (Å²) in [5.41, 5.74) is 12.1. The minimum absolute atomic E-state index is 0.108. The monoisotopic (exact) mass is 528 g/mol. The van der Waals surface area contributed by atoms with Crippen LogP contribution in [0, 0.1) is 0 Å². The first kappa shape index (κ1) is 22.6. The number of para-hydroxylation sites is 1. The SMILES string of the molecule is CC1(C)c2cccnc2-c2nc(-c3cccc(-c4ccc5oc6cc7c(cc6c5c4)oc4ccccc47)c3)ccc21. The Morgan fingerprint density at radius 1 is 0.512 bits per heavy atom. The van der Waals surface area contributed by atoms with Crippen LogP contribution in [-0.2, 0) is 5.41 Å². The molecule has 0 saturated carbocycles. The van der Waals surface area contributed by atoms with Crippen LogP contribution in [0.3, 0.4) is 0 Å². The molecule has 4 heterocycles. The topological polar surface area (TPSA) is 52.1 Å². The molecule has 1 aliphatic carbocycles. The van der Waals surface area contributed by atoms with Crippen LogP contribution >= 0.6 is 0 Å². The largest absolute Gasteiger partial charge is 0.456 e. The number of benzene rings is 4. The molecule has 41 heavy (non-hydrogen) atoms. The van der Waals surface area contributed by atoms with E-state index in [0.29, 0.717) is 0 Å². The lowest BCUT2D eigenvalue weighted by atomic mass is 9.83. The number of hydrogen-bond acceptors (Lipinski definition) is 4. The maximum atomic E-state index is 6.29. The molecule has 9 rings (SSSR count). The number of hydrogen-bond donors (Lipinski definition) is 0. The maximum Gasteiger partial charge on any atom is 0.136 e. The highest BCUT2D eigenvalue weighted by Gasteiger charge is 2.37. The molecule has 0 radical (unpaired) electrons. The molecule has 0 saturated heterocycles. The lowest BCUT2D eigenvalue weighted by Crippen LogP contribution is -2.15. The molecule has 0 amide bonds. The number of pyridine rings is 2. The molecular formula is C37H24N2O2. The van der Waals surface area contributed by atoms with Gasteiger partial charge in [-0.1, -0.05) is 68.4 Å². The predicted molar refractivity (Wildman–Crippen MR) is 165 cm³/mol. The van der Waals surface area contributed by atoms with Crippen LogP contribution in [0.15, 0.2) is 118 Å². The quantitative estimate of drug-likeness (QED) is 0.224. The molecule has 0 bridgehead atoms. The average molecular weight is 529 g/mol. The summed E-state index contributed by atoms with van der Waals surface area (Å²) in [5.74, 6) is 0. The lowest BCUT2D eigenvalue weighted by Gasteiger charge is -2.20. The summed E-state index contributed by atoms with van der Waals surface area (Å²) in [6.45, 7) is 4.49. The van der Waals surface area contributed by atoms with Crippen molar-refractivity contribution < 1.29 is 8.83 Å². The van der Waals surface area contributed by atoms with Gasteiger partial charge in [-0.25, -0.2) is 4.98 Å². The molecule has 0 N–H and O–H groups in total. The average Bonchev–Trinajstić information content (AvgIpc) is 3.63. The van der Waals surface area contributed by atoms with Crippen LogP contribution in [0.1, 0.15) is 25.0 Å². The molecule has 4 nitrogen and oxygen atoms in total. The first-order valence-corrected chi connectivity index (χ1v) is 13.9. The van der Waals surface area contributed by atoms with Gasteiger partial charge in [0.2, 0.25) is 0 Å². The number of rotatable bonds is 2. The third-order valence-electron chi connectivity index (χ3n) is 8.73. The lowest BCUT2D eigenvalue weighted by molar-refractivity contribution is 0.658. The predicted octanol–water partition coefficient (Wildman–Crippen LogP) is 9.92. The fourth-order valence-electron chi connectivity index (χ4n) is 6.58. The van der Waals surface area contributed by atoms with Crippen molar-refractivity contribution in [2.45, 2.75) is 19.3 Å². The summed E-state index contributed by atoms with van der Waals surface area (Å²) < 4.78 is 12.5. The van der Waals surface area contributed by atoms with Crippen LogP contribution in [0.5, 0.6) is 0 Å². The molecule has 0 unspecified atom stereocenters. The second kappa shape index (κ2) is 7.92. The fourth-order valence-corrected chi connectivity index (χ4v) is 6.58. The van der Waals surface area contributed by atoms with E-state index in [2.05, 4.69) is 92.7 Å². The summed E-state index contributed by atoms with van der Waals surface area (Å²) in [5, 5.41) is 4.30. The summed E-state index contributed by atoms with van der Waals surface area (Å²) in [4.78, 5) is 9.83. The van der Waals surface area contributed by atoms with Crippen molar-refractivity contribution in [1.82, 2.24) is 9.97 Å². The van der Waals surface area contributed by atoms with Crippen molar-refractivity contribution in [3.8, 4) is 33.8 Å². The first-order chi connectivity index (χ1) is 20.0. The van der Waals surface area contributed by atoms with Gasteiger partial charge in [-0.2, -0.15) is 0 Å². The van der Waals surface area contributed by atoms with Crippen molar-refractivity contribution >= 4 is 43.9 Å². The normalized spacial score (nSPS) is 13.8. The van der Waals surface area contributed by atoms with E-state index in [-0.39, 0.29) is 5.41 Å². The Hall–Kier alpha value is -5.22. The number of furan rings is 2. The Bertz CT molecular complexity index is 2360. The van der Waals surface area contributed by atoms with Gasteiger partial charge in [-0.05, 0) is 70.8 Å². The van der Waals surface area contributed by atoms with Gasteiger partial charge >= 0.3 is 0 Å². The molecule has 0 aliphatic heterocycles. The van der Waals surface area contributed by atoms with Gasteiger partial charge in [0.05, 0.1) is 17.1 Å². The molecule has 1 aliphatic rings. The number of aromatic nitrogens is 2. The van der Waals surface area contributed by atoms with Gasteiger partial charge in [0, 0.05) is 38.7 Å². The number of fused-ring (bicyclic) bond motifs is 9. The molecule has 0 spiro atoms. The zero-order valence-corrected chi connectivity index (χ0v) is 22.6. The van der Waals surface area contributed by atoms with Crippen LogP contribution in [0.2, 0.25) is 0 Å². The van der Waals surface area contributed by atoms with E-state index in [4.69, 9.17) is 18.8 Å². The van der Waals surface area contributed by atoms with E-state index in [9.17, 15) is 0 Å². The van der Waals surface area contributed by atoms with Crippen molar-refractivity contribution in [1.29, 1.82) is 0 Å². The van der Waals surface area contributed by atoms with E-state index < -0.39 is 0 Å². The maximum absolute atomic E-state index is 6.29. The van der Waals surface area contributed by atoms with E-state index in [1.165, 1.54) is 11.1 Å². The van der Waals surface area contributed by atoms with E-state index in [0.717, 1.165) is 77.6 Å². The molecule has 0 fully saturated rings. The van der Waals surface area contributed by atoms with Crippen molar-refractivity contribution in [3.63, 3.8) is 0 Å². The Morgan fingerprint density at radius 3 is 2.10 bits per heavy atom. The van der Waals surface area contributed by atoms with Crippen molar-refractivity contribution in [3.05, 3.63) is 120 Å². The molecule has 4 aromatic heterocycles. The van der Waals surface area contributed by atoms with Crippen LogP contribution in [-0.4, -0.2) is 9.97 Å². The Kier molecular flexibility index (Phi) is 4.36. The van der Waals surface area contributed by atoms with E-state index in [1.54, 1.807) is 0 Å². The van der Waals surface area contributed by atoms with Gasteiger partial charge in [0.25, 0.3) is 0 Å². The van der Waals surface area contributed by atoms with Crippen LogP contribution in [0.25, 0.3) is 77.6 Å². The number of nitrogens with zero attached hydrogens (tertiary/aromatic N) is 2. The Balaban J connectivity index is 1.16. The van der Waals surface area contributed by atoms with Crippen LogP contribution < -0.4 is 0 Å². The van der Waals surface area contributed by atoms with Gasteiger partial charge in [-0.3, -0.25) is 4.98 Å². The molecule has 4 heteroatoms. The third kappa shape index (κ3) is 3.16. The fraction of sp³-hybridized carbons (Fsp3) is 0.0811. The van der Waals surface area contributed by atoms with Gasteiger partial charge < -0.3 is 8.83 Å². The summed E-state index contributed by atoms with van der Waals surface area (Å²) in [6, 6.07) is 35.9. The summed E-state index contributed by atoms with van der Waals surface area (Å²) in [7, 11) is 0. The van der Waals surface area contributed by atoms with Crippen LogP contribution in [0.4, 0.5) is 0 Å². The molecule has 4 aromatic carbocycles. The Morgan fingerprint density at radius 2 is 1.22 bits per heavy atom. The Labute approximate surface area is 235 Å². The standard InChI is InChI=1S/C37H24N2O2/c1-37(2)28-10-6-16-38-35(28)36-29(37)13-14-30(39-36)23-8-5-7-21(17-23)22-12-15-32-25(18-22)27-20-33-26(19-34(27)41-32)24-9-3-4-11-31(24)40-33/h3-20H,1-2H3. The van der Waals surface area contributed by atoms with Gasteiger partial charge in [0.15, 0.2) is 0 Å². The highest BCUT2D eigenvalue weighted by Crippen LogP contribution is 2.47. The summed E-state index contributed by atoms with van der Waals surface area (Å²) in [6.07, 6.45) is 1.86. The first-order valence-electron chi connectivity index (χ1n) is 13.9. The van der Waals surface area contributed by atoms with Crippen molar-refractivity contribution in [2.24, 2.45) is 0 Å². The second-order valence-electron chi connectivity index (χ2n) is 11.5. The second-order valence-corrected chi connectivity index (χ2v) is 11.5. The highest BCUT2D eigenvalue weighted by molar-refractivity contribution is 6.15. The summed E-state index contributed by atoms with van der Waals surface area (Å²) >= 11 is 0. The van der Waals surface area contributed by atoms with Crippen molar-refractivity contribution in [2.75, 3.05) is 0 Å². The smallest absolute Gasteiger partial charge is 0.136 e. The van der Waals surface area contributed by atoms with E-state index >= 15 is 0 Å². The minimum atomic E-state index is -0.108. The molecule has 8 aromatic rings. The third-order valence-corrected chi connectivity index (χ3v) is 8.73. The highest BCUT2D eigenvalue weighted by atomic mass is 16.3. The van der Waals surface area contributed by atoms with Gasteiger partial charge in [-0.15, -0.1) is 0 Å². The minimum Gasteiger partial charge on any atom is -0.456 e. The zero-order valence-electron chi connectivity index (χ0n) is 22.6. The zero-order chi connectivity index (χ0) is 27.3. The van der Waals surface area contributed by atoms with E-state index in [1.807, 2.05) is 30.5 Å².